The van der Waals surface area contributed by atoms with Crippen LogP contribution in [-0.4, -0.2) is 49.0 Å². The third-order valence-corrected chi connectivity index (χ3v) is 7.23. The molecule has 1 spiro atoms. The highest BCUT2D eigenvalue weighted by atomic mass is 19.1. The molecule has 1 saturated heterocycles. The van der Waals surface area contributed by atoms with E-state index in [1.807, 2.05) is 31.2 Å². The molecule has 2 amide bonds. The number of hydrogen-bond acceptors (Lipinski definition) is 4. The van der Waals surface area contributed by atoms with Crippen molar-refractivity contribution in [3.8, 4) is 5.75 Å². The lowest BCUT2D eigenvalue weighted by molar-refractivity contribution is -0.135. The highest BCUT2D eigenvalue weighted by molar-refractivity contribution is 5.96. The predicted octanol–water partition coefficient (Wildman–Crippen LogP) is 4.30. The summed E-state index contributed by atoms with van der Waals surface area (Å²) in [6, 6.07) is 13.7. The van der Waals surface area contributed by atoms with Crippen molar-refractivity contribution in [2.75, 3.05) is 26.2 Å². The van der Waals surface area contributed by atoms with Gasteiger partial charge in [-0.25, -0.2) is 4.39 Å². The van der Waals surface area contributed by atoms with Gasteiger partial charge in [0.2, 0.25) is 5.91 Å². The minimum absolute atomic E-state index is 0.104. The number of carbonyl (C=O) groups excluding carboxylic acids is 2. The third-order valence-electron chi connectivity index (χ3n) is 7.23. The summed E-state index contributed by atoms with van der Waals surface area (Å²) in [5, 5.41) is 6.20. The van der Waals surface area contributed by atoms with Gasteiger partial charge in [0, 0.05) is 13.1 Å². The van der Waals surface area contributed by atoms with Gasteiger partial charge in [0.25, 0.3) is 5.91 Å². The molecule has 0 aliphatic carbocycles. The minimum Gasteiger partial charge on any atom is -0.491 e. The zero-order valence-corrected chi connectivity index (χ0v) is 20.5. The summed E-state index contributed by atoms with van der Waals surface area (Å²) in [5.41, 5.74) is 1.21. The van der Waals surface area contributed by atoms with Crippen LogP contribution in [0.2, 0.25) is 0 Å². The van der Waals surface area contributed by atoms with Gasteiger partial charge >= 0.3 is 0 Å². The van der Waals surface area contributed by atoms with Crippen molar-refractivity contribution in [2.45, 2.75) is 58.0 Å². The molecule has 6 nitrogen and oxygen atoms in total. The molecule has 2 heterocycles. The van der Waals surface area contributed by atoms with E-state index in [0.717, 1.165) is 63.7 Å². The number of carbonyl (C=O) groups is 2. The molecule has 2 aliphatic heterocycles. The quantitative estimate of drug-likeness (QED) is 0.671. The molecule has 1 atom stereocenters. The monoisotopic (exact) mass is 481 g/mol. The van der Waals surface area contributed by atoms with Crippen molar-refractivity contribution in [1.29, 1.82) is 0 Å². The lowest BCUT2D eigenvalue weighted by Gasteiger charge is -2.41. The maximum atomic E-state index is 13.5. The van der Waals surface area contributed by atoms with Gasteiger partial charge in [-0.1, -0.05) is 37.1 Å². The van der Waals surface area contributed by atoms with Crippen LogP contribution in [0.4, 0.5) is 4.39 Å². The predicted molar refractivity (Wildman–Crippen MR) is 134 cm³/mol. The van der Waals surface area contributed by atoms with E-state index < -0.39 is 5.41 Å². The Morgan fingerprint density at radius 3 is 2.51 bits per heavy atom. The van der Waals surface area contributed by atoms with Crippen LogP contribution in [0.1, 0.15) is 61.4 Å². The first kappa shape index (κ1) is 25.2. The van der Waals surface area contributed by atoms with Gasteiger partial charge in [0.1, 0.15) is 18.2 Å². The number of amides is 2. The number of nitrogens with one attached hydrogen (secondary N) is 2. The average Bonchev–Trinajstić information content (AvgIpc) is 2.87. The number of para-hydroxylation sites is 1. The summed E-state index contributed by atoms with van der Waals surface area (Å²) in [5.74, 6) is 0.286. The fourth-order valence-electron chi connectivity index (χ4n) is 5.05. The molecular weight excluding hydrogens is 445 g/mol. The zero-order chi connectivity index (χ0) is 24.7. The Kier molecular flexibility index (Phi) is 8.39. The lowest BCUT2D eigenvalue weighted by Crippen LogP contribution is -2.51. The van der Waals surface area contributed by atoms with E-state index in [0.29, 0.717) is 24.5 Å². The van der Waals surface area contributed by atoms with Gasteiger partial charge in [-0.15, -0.1) is 0 Å². The summed E-state index contributed by atoms with van der Waals surface area (Å²) >= 11 is 0. The number of likely N-dealkylation sites (tertiary alicyclic amines) is 1. The number of nitrogens with zero attached hydrogens (tertiary/aromatic N) is 1. The molecule has 0 aromatic heterocycles. The molecule has 2 aromatic carbocycles. The first-order valence-electron chi connectivity index (χ1n) is 12.7. The summed E-state index contributed by atoms with van der Waals surface area (Å²) in [4.78, 5) is 28.5. The maximum absolute atomic E-state index is 13.5. The Hall–Kier alpha value is -2.93. The van der Waals surface area contributed by atoms with E-state index in [1.165, 1.54) is 12.1 Å². The smallest absolute Gasteiger partial charge is 0.255 e. The Morgan fingerprint density at radius 2 is 1.74 bits per heavy atom. The SMILES string of the molecule is C[C@H]1COc2ccccc2C(=O)NCCCCCC2(CCN(Cc3ccc(F)cc3)CC2)C(=O)N1. The highest BCUT2D eigenvalue weighted by Crippen LogP contribution is 2.38. The topological polar surface area (TPSA) is 70.7 Å². The van der Waals surface area contributed by atoms with Crippen molar-refractivity contribution in [3.63, 3.8) is 0 Å². The maximum Gasteiger partial charge on any atom is 0.255 e. The van der Waals surface area contributed by atoms with Crippen molar-refractivity contribution < 1.29 is 18.7 Å². The van der Waals surface area contributed by atoms with Crippen molar-refractivity contribution in [2.24, 2.45) is 5.41 Å². The Labute approximate surface area is 207 Å². The zero-order valence-electron chi connectivity index (χ0n) is 20.5. The second-order valence-corrected chi connectivity index (χ2v) is 9.93. The molecule has 188 valence electrons. The molecule has 1 fully saturated rings. The fourth-order valence-corrected chi connectivity index (χ4v) is 5.05. The number of hydrogen-bond donors (Lipinski definition) is 2. The number of benzene rings is 2. The van der Waals surface area contributed by atoms with Gasteiger partial charge < -0.3 is 15.4 Å². The van der Waals surface area contributed by atoms with E-state index >= 15 is 0 Å². The van der Waals surface area contributed by atoms with E-state index in [1.54, 1.807) is 12.1 Å². The molecule has 2 aromatic rings. The van der Waals surface area contributed by atoms with Gasteiger partial charge in [0.15, 0.2) is 0 Å². The van der Waals surface area contributed by atoms with Crippen LogP contribution in [0.5, 0.6) is 5.75 Å². The van der Waals surface area contributed by atoms with Crippen molar-refractivity contribution in [3.05, 3.63) is 65.5 Å². The van der Waals surface area contributed by atoms with Crippen LogP contribution < -0.4 is 15.4 Å². The lowest BCUT2D eigenvalue weighted by atomic mass is 9.73. The highest BCUT2D eigenvalue weighted by Gasteiger charge is 2.41. The largest absolute Gasteiger partial charge is 0.491 e. The second-order valence-electron chi connectivity index (χ2n) is 9.93. The van der Waals surface area contributed by atoms with Crippen LogP contribution in [0, 0.1) is 11.2 Å². The van der Waals surface area contributed by atoms with Gasteiger partial charge in [-0.3, -0.25) is 14.5 Å². The summed E-state index contributed by atoms with van der Waals surface area (Å²) in [6.07, 6.45) is 5.22. The molecular formula is C28H36FN3O3. The molecule has 0 saturated carbocycles. The standard InChI is InChI=1S/C28H36FN3O3/c1-21-20-35-25-8-4-3-7-24(25)26(33)30-16-6-2-5-13-28(27(34)31-21)14-17-32(18-15-28)19-22-9-11-23(29)12-10-22/h3-4,7-12,21H,2,5-6,13-20H2,1H3,(H,30,33)(H,31,34)/t21-/m0/s1. The minimum atomic E-state index is -0.394. The number of ether oxygens (including phenoxy) is 1. The van der Waals surface area contributed by atoms with Crippen LogP contribution in [0.25, 0.3) is 0 Å². The van der Waals surface area contributed by atoms with Gasteiger partial charge in [-0.05, 0) is 75.5 Å². The summed E-state index contributed by atoms with van der Waals surface area (Å²) in [7, 11) is 0. The van der Waals surface area contributed by atoms with Crippen LogP contribution in [-0.2, 0) is 11.3 Å². The number of piperidine rings is 1. The molecule has 0 bridgehead atoms. The Bertz CT molecular complexity index is 1000. The van der Waals surface area contributed by atoms with Crippen molar-refractivity contribution in [1.82, 2.24) is 15.5 Å². The number of rotatable bonds is 2. The number of halogens is 1. The molecule has 35 heavy (non-hydrogen) atoms. The van der Waals surface area contributed by atoms with Crippen molar-refractivity contribution >= 4 is 11.8 Å². The van der Waals surface area contributed by atoms with E-state index in [2.05, 4.69) is 15.5 Å². The van der Waals surface area contributed by atoms with Crippen LogP contribution in [0.3, 0.4) is 0 Å². The van der Waals surface area contributed by atoms with Crippen LogP contribution in [0.15, 0.2) is 48.5 Å². The van der Waals surface area contributed by atoms with E-state index in [9.17, 15) is 14.0 Å². The second kappa shape index (κ2) is 11.7. The fraction of sp³-hybridized carbons (Fsp3) is 0.500. The third kappa shape index (κ3) is 6.60. The molecule has 2 N–H and O–H groups in total. The first-order valence-corrected chi connectivity index (χ1v) is 12.7. The normalized spacial score (nSPS) is 22.2. The van der Waals surface area contributed by atoms with Gasteiger partial charge in [-0.2, -0.15) is 0 Å². The molecule has 2 aliphatic rings. The van der Waals surface area contributed by atoms with E-state index in [4.69, 9.17) is 4.74 Å². The molecule has 4 rings (SSSR count). The summed E-state index contributed by atoms with van der Waals surface area (Å²) < 4.78 is 19.2. The summed E-state index contributed by atoms with van der Waals surface area (Å²) in [6.45, 7) is 5.27. The first-order chi connectivity index (χ1) is 16.9. The Morgan fingerprint density at radius 1 is 1.00 bits per heavy atom. The molecule has 0 unspecified atom stereocenters. The molecule has 0 radical (unpaired) electrons. The molecule has 7 heteroatoms. The van der Waals surface area contributed by atoms with E-state index in [-0.39, 0.29) is 23.7 Å². The van der Waals surface area contributed by atoms with Gasteiger partial charge in [0.05, 0.1) is 17.0 Å². The van der Waals surface area contributed by atoms with Crippen LogP contribution >= 0.6 is 0 Å². The Balaban J connectivity index is 1.42. The number of fused-ring (bicyclic) bond motifs is 1. The average molecular weight is 482 g/mol.